The normalized spacial score (nSPS) is 11.0. The first-order valence-electron chi connectivity index (χ1n) is 7.45. The van der Waals surface area contributed by atoms with Crippen LogP contribution in [0, 0.1) is 0 Å². The lowest BCUT2D eigenvalue weighted by molar-refractivity contribution is 0.415. The molecule has 0 bridgehead atoms. The fraction of sp³-hybridized carbons (Fsp3) is 0.312. The Balaban J connectivity index is 1.62. The second-order valence-corrected chi connectivity index (χ2v) is 8.39. The molecule has 0 unspecified atom stereocenters. The highest BCUT2D eigenvalue weighted by atomic mass is 32.2. The van der Waals surface area contributed by atoms with Crippen molar-refractivity contribution in [2.24, 2.45) is 0 Å². The van der Waals surface area contributed by atoms with E-state index in [1.54, 1.807) is 41.5 Å². The zero-order valence-corrected chi connectivity index (χ0v) is 16.1. The van der Waals surface area contributed by atoms with Gasteiger partial charge in [0.25, 0.3) is 0 Å². The van der Waals surface area contributed by atoms with Crippen LogP contribution in [0.1, 0.15) is 19.5 Å². The lowest BCUT2D eigenvalue weighted by Gasteiger charge is -2.02. The van der Waals surface area contributed by atoms with Gasteiger partial charge in [0.05, 0.1) is 12.8 Å². The minimum absolute atomic E-state index is 0.361. The maximum absolute atomic E-state index is 5.27. The highest BCUT2D eigenvalue weighted by molar-refractivity contribution is 8.00. The maximum Gasteiger partial charge on any atom is 0.206 e. The van der Waals surface area contributed by atoms with E-state index >= 15 is 0 Å². The number of nitrogens with zero attached hydrogens (tertiary/aromatic N) is 3. The van der Waals surface area contributed by atoms with Gasteiger partial charge in [-0.3, -0.25) is 0 Å². The van der Waals surface area contributed by atoms with Gasteiger partial charge in [0.2, 0.25) is 5.13 Å². The molecule has 1 aromatic carbocycles. The Labute approximate surface area is 153 Å². The molecule has 126 valence electrons. The Morgan fingerprint density at radius 2 is 2.17 bits per heavy atom. The lowest BCUT2D eigenvalue weighted by atomic mass is 10.2. The van der Waals surface area contributed by atoms with Gasteiger partial charge in [0.1, 0.15) is 10.8 Å². The highest BCUT2D eigenvalue weighted by Crippen LogP contribution is 2.31. The minimum Gasteiger partial charge on any atom is -0.497 e. The third kappa shape index (κ3) is 4.46. The number of thiazole rings is 1. The standard InChI is InChI=1S/C16H18N4OS3/c1-10(2)17-15-19-20-16(24-15)23-9-12-8-22-14(18-12)11-5-4-6-13(7-11)21-3/h4-8,10H,9H2,1-3H3,(H,17,19). The number of benzene rings is 1. The Hall–Kier alpha value is -1.64. The van der Waals surface area contributed by atoms with Crippen LogP contribution in [0.5, 0.6) is 5.75 Å². The van der Waals surface area contributed by atoms with Crippen molar-refractivity contribution in [3.8, 4) is 16.3 Å². The van der Waals surface area contributed by atoms with Crippen molar-refractivity contribution in [2.45, 2.75) is 30.0 Å². The lowest BCUT2D eigenvalue weighted by Crippen LogP contribution is -2.08. The first-order valence-corrected chi connectivity index (χ1v) is 10.1. The summed E-state index contributed by atoms with van der Waals surface area (Å²) in [5.74, 6) is 1.63. The van der Waals surface area contributed by atoms with Gasteiger partial charge < -0.3 is 10.1 Å². The minimum atomic E-state index is 0.361. The molecule has 5 nitrogen and oxygen atoms in total. The van der Waals surface area contributed by atoms with Crippen LogP contribution < -0.4 is 10.1 Å². The van der Waals surface area contributed by atoms with Gasteiger partial charge in [-0.15, -0.1) is 21.5 Å². The highest BCUT2D eigenvalue weighted by Gasteiger charge is 2.09. The average molecular weight is 379 g/mol. The van der Waals surface area contributed by atoms with Crippen LogP contribution in [0.2, 0.25) is 0 Å². The van der Waals surface area contributed by atoms with Crippen LogP contribution in [-0.2, 0) is 5.75 Å². The fourth-order valence-electron chi connectivity index (χ4n) is 1.97. The zero-order valence-electron chi connectivity index (χ0n) is 13.6. The Morgan fingerprint density at radius 3 is 2.96 bits per heavy atom. The first-order chi connectivity index (χ1) is 11.6. The van der Waals surface area contributed by atoms with Gasteiger partial charge in [0, 0.05) is 22.7 Å². The van der Waals surface area contributed by atoms with Crippen LogP contribution >= 0.6 is 34.4 Å². The molecule has 2 heterocycles. The summed E-state index contributed by atoms with van der Waals surface area (Å²) in [4.78, 5) is 4.71. The predicted molar refractivity (Wildman–Crippen MR) is 102 cm³/mol. The van der Waals surface area contributed by atoms with E-state index in [9.17, 15) is 0 Å². The number of anilines is 1. The van der Waals surface area contributed by atoms with E-state index < -0.39 is 0 Å². The third-order valence-corrected chi connectivity index (χ3v) is 5.99. The number of thioether (sulfide) groups is 1. The molecule has 0 aliphatic rings. The first kappa shape index (κ1) is 17.2. The second kappa shape index (κ2) is 7.96. The number of hydrogen-bond acceptors (Lipinski definition) is 8. The van der Waals surface area contributed by atoms with Crippen molar-refractivity contribution in [3.63, 3.8) is 0 Å². The Morgan fingerprint density at radius 1 is 1.29 bits per heavy atom. The molecule has 2 aromatic heterocycles. The van der Waals surface area contributed by atoms with E-state index in [2.05, 4.69) is 34.7 Å². The summed E-state index contributed by atoms with van der Waals surface area (Å²) in [7, 11) is 1.67. The van der Waals surface area contributed by atoms with E-state index in [1.165, 1.54) is 0 Å². The number of hydrogen-bond donors (Lipinski definition) is 1. The van der Waals surface area contributed by atoms with Crippen molar-refractivity contribution in [2.75, 3.05) is 12.4 Å². The third-order valence-electron chi connectivity index (χ3n) is 3.03. The molecule has 24 heavy (non-hydrogen) atoms. The monoisotopic (exact) mass is 378 g/mol. The molecule has 8 heteroatoms. The van der Waals surface area contributed by atoms with Gasteiger partial charge in [-0.25, -0.2) is 4.98 Å². The van der Waals surface area contributed by atoms with Crippen LogP contribution in [0.15, 0.2) is 34.0 Å². The van der Waals surface area contributed by atoms with Crippen molar-refractivity contribution in [3.05, 3.63) is 35.3 Å². The smallest absolute Gasteiger partial charge is 0.206 e. The molecule has 0 aliphatic heterocycles. The van der Waals surface area contributed by atoms with Crippen LogP contribution in [-0.4, -0.2) is 28.3 Å². The predicted octanol–water partition coefficient (Wildman–Crippen LogP) is 4.78. The van der Waals surface area contributed by atoms with Crippen molar-refractivity contribution >= 4 is 39.6 Å². The molecule has 0 atom stereocenters. The van der Waals surface area contributed by atoms with Gasteiger partial charge in [0.15, 0.2) is 4.34 Å². The molecule has 3 aromatic rings. The summed E-state index contributed by atoms with van der Waals surface area (Å²) in [6.45, 7) is 4.17. The molecule has 3 rings (SSSR count). The van der Waals surface area contributed by atoms with E-state index in [0.717, 1.165) is 37.2 Å². The van der Waals surface area contributed by atoms with Crippen molar-refractivity contribution < 1.29 is 4.74 Å². The zero-order chi connectivity index (χ0) is 16.9. The number of rotatable bonds is 7. The van der Waals surface area contributed by atoms with Crippen molar-refractivity contribution in [1.82, 2.24) is 15.2 Å². The summed E-state index contributed by atoms with van der Waals surface area (Å²) in [5, 5.41) is 15.6. The topological polar surface area (TPSA) is 59.9 Å². The summed E-state index contributed by atoms with van der Waals surface area (Å²) in [6.07, 6.45) is 0. The number of methoxy groups -OCH3 is 1. The van der Waals surface area contributed by atoms with Gasteiger partial charge in [-0.1, -0.05) is 35.2 Å². The van der Waals surface area contributed by atoms with E-state index in [0.29, 0.717) is 6.04 Å². The molecular formula is C16H18N4OS3. The van der Waals surface area contributed by atoms with Crippen LogP contribution in [0.3, 0.4) is 0 Å². The van der Waals surface area contributed by atoms with E-state index in [-0.39, 0.29) is 0 Å². The number of ether oxygens (including phenoxy) is 1. The molecule has 0 radical (unpaired) electrons. The average Bonchev–Trinajstić information content (AvgIpc) is 3.22. The number of aromatic nitrogens is 3. The molecule has 0 saturated carbocycles. The number of nitrogens with one attached hydrogen (secondary N) is 1. The molecule has 0 amide bonds. The van der Waals surface area contributed by atoms with Crippen molar-refractivity contribution in [1.29, 1.82) is 0 Å². The second-order valence-electron chi connectivity index (χ2n) is 5.34. The summed E-state index contributed by atoms with van der Waals surface area (Å²) < 4.78 is 6.22. The van der Waals surface area contributed by atoms with Crippen LogP contribution in [0.25, 0.3) is 10.6 Å². The largest absolute Gasteiger partial charge is 0.497 e. The molecule has 0 aliphatic carbocycles. The van der Waals surface area contributed by atoms with Gasteiger partial charge in [-0.05, 0) is 26.0 Å². The summed E-state index contributed by atoms with van der Waals surface area (Å²) >= 11 is 4.88. The summed E-state index contributed by atoms with van der Waals surface area (Å²) in [5.41, 5.74) is 2.13. The Kier molecular flexibility index (Phi) is 5.70. The van der Waals surface area contributed by atoms with Gasteiger partial charge in [-0.2, -0.15) is 0 Å². The molecule has 0 fully saturated rings. The molecular weight excluding hydrogens is 360 g/mol. The molecule has 0 saturated heterocycles. The Bertz CT molecular complexity index is 800. The fourth-order valence-corrected chi connectivity index (χ4v) is 4.68. The van der Waals surface area contributed by atoms with E-state index in [4.69, 9.17) is 9.72 Å². The SMILES string of the molecule is COc1cccc(-c2nc(CSc3nnc(NC(C)C)s3)cs2)c1. The van der Waals surface area contributed by atoms with Gasteiger partial charge >= 0.3 is 0 Å². The summed E-state index contributed by atoms with van der Waals surface area (Å²) in [6, 6.07) is 8.33. The molecule has 1 N–H and O–H groups in total. The maximum atomic E-state index is 5.27. The van der Waals surface area contributed by atoms with Crippen LogP contribution in [0.4, 0.5) is 5.13 Å². The van der Waals surface area contributed by atoms with E-state index in [1.807, 2.05) is 24.3 Å². The quantitative estimate of drug-likeness (QED) is 0.597. The molecule has 0 spiro atoms.